The van der Waals surface area contributed by atoms with Gasteiger partial charge in [0.1, 0.15) is 5.75 Å². The van der Waals surface area contributed by atoms with Crippen LogP contribution in [0.3, 0.4) is 0 Å². The Bertz CT molecular complexity index is 1130. The molecule has 4 rings (SSSR count). The molecular formula is C27H28N4O2. The van der Waals surface area contributed by atoms with E-state index in [9.17, 15) is 4.79 Å². The number of carbonyl (C=O) groups excluding carboxylic acids is 1. The Labute approximate surface area is 194 Å². The van der Waals surface area contributed by atoms with Gasteiger partial charge in [0.15, 0.2) is 0 Å². The summed E-state index contributed by atoms with van der Waals surface area (Å²) in [6, 6.07) is 13.5. The Morgan fingerprint density at radius 1 is 1.24 bits per heavy atom. The van der Waals surface area contributed by atoms with Crippen molar-refractivity contribution < 1.29 is 9.53 Å². The highest BCUT2D eigenvalue weighted by molar-refractivity contribution is 5.87. The molecular weight excluding hydrogens is 412 g/mol. The van der Waals surface area contributed by atoms with E-state index in [-0.39, 0.29) is 17.7 Å². The topological polar surface area (TPSA) is 80.8 Å². The van der Waals surface area contributed by atoms with E-state index in [0.717, 1.165) is 35.4 Å². The number of aromatic nitrogens is 1. The number of amides is 1. The number of benzene rings is 1. The van der Waals surface area contributed by atoms with Crippen LogP contribution in [-0.4, -0.2) is 35.2 Å². The van der Waals surface area contributed by atoms with Crippen molar-refractivity contribution in [2.75, 3.05) is 13.1 Å². The van der Waals surface area contributed by atoms with Crippen LogP contribution in [0.2, 0.25) is 0 Å². The third kappa shape index (κ3) is 5.12. The molecule has 2 unspecified atom stereocenters. The fraction of sp³-hybridized carbons (Fsp3) is 0.222. The first-order valence-electron chi connectivity index (χ1n) is 11.1. The largest absolute Gasteiger partial charge is 0.439 e. The number of ether oxygens (including phenoxy) is 1. The number of rotatable bonds is 6. The fourth-order valence-electron chi connectivity index (χ4n) is 4.34. The number of nitrogens with two attached hydrogens (primary N) is 1. The van der Waals surface area contributed by atoms with Crippen LogP contribution < -0.4 is 10.5 Å². The minimum absolute atomic E-state index is 0.0148. The third-order valence-electron chi connectivity index (χ3n) is 6.14. The lowest BCUT2D eigenvalue weighted by Crippen LogP contribution is -2.27. The predicted molar refractivity (Wildman–Crippen MR) is 132 cm³/mol. The highest BCUT2D eigenvalue weighted by Crippen LogP contribution is 2.39. The molecule has 2 aromatic rings. The average molecular weight is 441 g/mol. The summed E-state index contributed by atoms with van der Waals surface area (Å²) >= 11 is 0. The average Bonchev–Trinajstić information content (AvgIpc) is 3.34. The van der Waals surface area contributed by atoms with Crippen molar-refractivity contribution in [1.82, 2.24) is 9.88 Å². The Balaban J connectivity index is 1.61. The number of pyridine rings is 1. The van der Waals surface area contributed by atoms with Crippen LogP contribution in [0.5, 0.6) is 11.6 Å². The lowest BCUT2D eigenvalue weighted by molar-refractivity contribution is -0.125. The molecule has 1 aromatic carbocycles. The smallest absolute Gasteiger partial charge is 0.245 e. The summed E-state index contributed by atoms with van der Waals surface area (Å²) in [5, 5.41) is 0. The number of allylic oxidation sites excluding steroid dienone is 4. The number of hydrogen-bond acceptors (Lipinski definition) is 4. The maximum atomic E-state index is 12.1. The number of para-hydroxylation sites is 1. The van der Waals surface area contributed by atoms with Crippen molar-refractivity contribution in [3.05, 3.63) is 96.4 Å². The fourth-order valence-corrected chi connectivity index (χ4v) is 4.34. The quantitative estimate of drug-likeness (QED) is 0.400. The standard InChI is InChI=1S/C27H28N4O2/c1-3-27(32)31-12-11-21(17-31)25-14-22(13-23(19(25)2)15-29-18-28)20-9-10-26(30-16-20)33-24-7-5-4-6-8-24/h3-10,13-16,18-19,21H,1,11-12,17H2,2H3,(H2,28,29)/b23-15-. The minimum atomic E-state index is -0.0148. The normalized spacial score (nSPS) is 21.7. The van der Waals surface area contributed by atoms with Crippen molar-refractivity contribution in [3.8, 4) is 11.6 Å². The van der Waals surface area contributed by atoms with Crippen LogP contribution >= 0.6 is 0 Å². The van der Waals surface area contributed by atoms with Crippen LogP contribution in [0.1, 0.15) is 18.9 Å². The SMILES string of the molecule is C=CC(=O)N1CCC(C2=CC(c3ccc(Oc4ccccc4)nc3)=C/C(=C/N=C\N)C2C)C1. The summed E-state index contributed by atoms with van der Waals surface area (Å²) in [4.78, 5) is 22.6. The van der Waals surface area contributed by atoms with Crippen molar-refractivity contribution >= 4 is 17.8 Å². The molecule has 1 aliphatic heterocycles. The number of nitrogens with zero attached hydrogens (tertiary/aromatic N) is 3. The number of likely N-dealkylation sites (tertiary alicyclic amines) is 1. The third-order valence-corrected chi connectivity index (χ3v) is 6.14. The van der Waals surface area contributed by atoms with Crippen LogP contribution in [0, 0.1) is 11.8 Å². The van der Waals surface area contributed by atoms with Crippen LogP contribution in [0.25, 0.3) is 5.57 Å². The molecule has 1 aliphatic carbocycles. The zero-order chi connectivity index (χ0) is 23.2. The summed E-state index contributed by atoms with van der Waals surface area (Å²) in [5.74, 6) is 1.73. The van der Waals surface area contributed by atoms with Crippen LogP contribution in [0.15, 0.2) is 95.8 Å². The van der Waals surface area contributed by atoms with Gasteiger partial charge in [0.25, 0.3) is 0 Å². The van der Waals surface area contributed by atoms with Gasteiger partial charge in [0.05, 0.1) is 6.34 Å². The van der Waals surface area contributed by atoms with Gasteiger partial charge in [-0.15, -0.1) is 0 Å². The predicted octanol–water partition coefficient (Wildman–Crippen LogP) is 4.74. The molecule has 168 valence electrons. The second kappa shape index (κ2) is 10.1. The zero-order valence-electron chi connectivity index (χ0n) is 18.7. The van der Waals surface area contributed by atoms with E-state index < -0.39 is 0 Å². The van der Waals surface area contributed by atoms with Gasteiger partial charge < -0.3 is 15.4 Å². The van der Waals surface area contributed by atoms with Gasteiger partial charge in [-0.1, -0.05) is 43.4 Å². The first-order valence-corrected chi connectivity index (χ1v) is 11.1. The molecule has 2 aliphatic rings. The molecule has 2 atom stereocenters. The summed E-state index contributed by atoms with van der Waals surface area (Å²) < 4.78 is 5.82. The number of hydrogen-bond donors (Lipinski definition) is 1. The van der Waals surface area contributed by atoms with E-state index in [2.05, 4.69) is 35.6 Å². The van der Waals surface area contributed by atoms with E-state index in [0.29, 0.717) is 12.4 Å². The van der Waals surface area contributed by atoms with E-state index in [4.69, 9.17) is 10.5 Å². The second-order valence-electron chi connectivity index (χ2n) is 8.17. The molecule has 0 saturated carbocycles. The van der Waals surface area contributed by atoms with Crippen LogP contribution in [0.4, 0.5) is 0 Å². The van der Waals surface area contributed by atoms with Crippen molar-refractivity contribution in [2.24, 2.45) is 22.6 Å². The monoisotopic (exact) mass is 440 g/mol. The summed E-state index contributed by atoms with van der Waals surface area (Å²) in [5.41, 5.74) is 9.89. The van der Waals surface area contributed by atoms with Gasteiger partial charge in [0, 0.05) is 49.0 Å². The Morgan fingerprint density at radius 3 is 2.76 bits per heavy atom. The van der Waals surface area contributed by atoms with Gasteiger partial charge in [-0.3, -0.25) is 4.79 Å². The van der Waals surface area contributed by atoms with Gasteiger partial charge in [-0.25, -0.2) is 9.98 Å². The molecule has 2 heterocycles. The lowest BCUT2D eigenvalue weighted by Gasteiger charge is -2.27. The molecule has 2 N–H and O–H groups in total. The van der Waals surface area contributed by atoms with Gasteiger partial charge in [-0.05, 0) is 47.9 Å². The molecule has 1 aromatic heterocycles. The summed E-state index contributed by atoms with van der Waals surface area (Å²) in [6.45, 7) is 7.23. The number of carbonyl (C=O) groups is 1. The highest BCUT2D eigenvalue weighted by atomic mass is 16.5. The lowest BCUT2D eigenvalue weighted by atomic mass is 9.78. The zero-order valence-corrected chi connectivity index (χ0v) is 18.7. The Morgan fingerprint density at radius 2 is 2.06 bits per heavy atom. The maximum Gasteiger partial charge on any atom is 0.245 e. The van der Waals surface area contributed by atoms with Gasteiger partial charge in [-0.2, -0.15) is 0 Å². The first-order chi connectivity index (χ1) is 16.1. The van der Waals surface area contributed by atoms with Crippen molar-refractivity contribution in [3.63, 3.8) is 0 Å². The maximum absolute atomic E-state index is 12.1. The first kappa shape index (κ1) is 22.3. The van der Waals surface area contributed by atoms with Crippen LogP contribution in [-0.2, 0) is 4.79 Å². The molecule has 6 heteroatoms. The van der Waals surface area contributed by atoms with E-state index in [1.54, 1.807) is 6.20 Å². The van der Waals surface area contributed by atoms with E-state index >= 15 is 0 Å². The Kier molecular flexibility index (Phi) is 6.83. The molecule has 0 spiro atoms. The van der Waals surface area contributed by atoms with Gasteiger partial charge in [0.2, 0.25) is 11.8 Å². The Hall–Kier alpha value is -3.93. The highest BCUT2D eigenvalue weighted by Gasteiger charge is 2.32. The summed E-state index contributed by atoms with van der Waals surface area (Å²) in [6.07, 6.45) is 11.6. The van der Waals surface area contributed by atoms with E-state index in [1.807, 2.05) is 53.6 Å². The molecule has 1 fully saturated rings. The summed E-state index contributed by atoms with van der Waals surface area (Å²) in [7, 11) is 0. The van der Waals surface area contributed by atoms with E-state index in [1.165, 1.54) is 18.0 Å². The van der Waals surface area contributed by atoms with Crippen molar-refractivity contribution in [2.45, 2.75) is 13.3 Å². The van der Waals surface area contributed by atoms with Gasteiger partial charge >= 0.3 is 0 Å². The second-order valence-corrected chi connectivity index (χ2v) is 8.17. The molecule has 0 radical (unpaired) electrons. The molecule has 1 amide bonds. The molecule has 1 saturated heterocycles. The molecule has 33 heavy (non-hydrogen) atoms. The minimum Gasteiger partial charge on any atom is -0.439 e. The molecule has 0 bridgehead atoms. The molecule has 6 nitrogen and oxygen atoms in total. The van der Waals surface area contributed by atoms with Crippen molar-refractivity contribution in [1.29, 1.82) is 0 Å². The number of aliphatic imine (C=N–C) groups is 1.